The number of carbonyl (C=O) groups is 1. The average molecular weight is 491 g/mol. The van der Waals surface area contributed by atoms with Gasteiger partial charge in [0, 0.05) is 36.9 Å². The van der Waals surface area contributed by atoms with Crippen molar-refractivity contribution < 1.29 is 14.6 Å². The molecule has 0 radical (unpaired) electrons. The summed E-state index contributed by atoms with van der Waals surface area (Å²) >= 11 is 0. The van der Waals surface area contributed by atoms with Crippen molar-refractivity contribution in [3.63, 3.8) is 0 Å². The molecular formula is C29H38N4O3. The Kier molecular flexibility index (Phi) is 9.61. The minimum Gasteiger partial charge on any atom is -0.497 e. The standard InChI is InChI=1S/C29H38N4O3/c1-36-26-9-10-28-27(17-26)24(12-14-32-28)7-4-6-23-13-16-33(20-25(23)8-11-29(34)35)15-3-2-5-22-18-30-21-31-19-22/h9-10,12,14,17-19,21,23,25H,2-8,11,13,15-16,20H2,1H3,(H,34,35). The van der Waals surface area contributed by atoms with Gasteiger partial charge in [0.15, 0.2) is 0 Å². The number of aryl methyl sites for hydroxylation is 2. The van der Waals surface area contributed by atoms with Gasteiger partial charge in [-0.25, -0.2) is 9.97 Å². The SMILES string of the molecule is COc1ccc2nccc(CCCC3CCN(CCCCc4cncnc4)CC3CCC(=O)O)c2c1. The Balaban J connectivity index is 1.28. The summed E-state index contributed by atoms with van der Waals surface area (Å²) in [6.45, 7) is 3.20. The highest BCUT2D eigenvalue weighted by Gasteiger charge is 2.29. The lowest BCUT2D eigenvalue weighted by Crippen LogP contribution is -2.41. The van der Waals surface area contributed by atoms with Crippen molar-refractivity contribution in [2.24, 2.45) is 11.8 Å². The third kappa shape index (κ3) is 7.47. The molecule has 1 N–H and O–H groups in total. The van der Waals surface area contributed by atoms with Gasteiger partial charge < -0.3 is 14.7 Å². The van der Waals surface area contributed by atoms with Crippen molar-refractivity contribution >= 4 is 16.9 Å². The van der Waals surface area contributed by atoms with Crippen LogP contribution >= 0.6 is 0 Å². The molecule has 2 aromatic heterocycles. The zero-order valence-electron chi connectivity index (χ0n) is 21.3. The first-order valence-electron chi connectivity index (χ1n) is 13.2. The fourth-order valence-electron chi connectivity index (χ4n) is 5.58. The largest absolute Gasteiger partial charge is 0.497 e. The van der Waals surface area contributed by atoms with E-state index in [1.54, 1.807) is 13.4 Å². The van der Waals surface area contributed by atoms with E-state index < -0.39 is 5.97 Å². The Bertz CT molecular complexity index is 1110. The third-order valence-corrected chi connectivity index (χ3v) is 7.57. The molecule has 3 aromatic rings. The second-order valence-corrected chi connectivity index (χ2v) is 9.99. The lowest BCUT2D eigenvalue weighted by Gasteiger charge is -2.39. The fraction of sp³-hybridized carbons (Fsp3) is 0.517. The first kappa shape index (κ1) is 26.0. The van der Waals surface area contributed by atoms with E-state index in [4.69, 9.17) is 4.74 Å². The first-order valence-corrected chi connectivity index (χ1v) is 13.2. The Hall–Kier alpha value is -3.06. The monoisotopic (exact) mass is 490 g/mol. The number of ether oxygens (including phenoxy) is 1. The second-order valence-electron chi connectivity index (χ2n) is 9.99. The number of piperidine rings is 1. The molecule has 7 heteroatoms. The molecule has 36 heavy (non-hydrogen) atoms. The number of benzene rings is 1. The highest BCUT2D eigenvalue weighted by atomic mass is 16.5. The molecule has 1 saturated heterocycles. The summed E-state index contributed by atoms with van der Waals surface area (Å²) in [7, 11) is 1.69. The molecule has 0 saturated carbocycles. The van der Waals surface area contributed by atoms with Crippen molar-refractivity contribution in [1.82, 2.24) is 19.9 Å². The summed E-state index contributed by atoms with van der Waals surface area (Å²) in [5.41, 5.74) is 3.50. The van der Waals surface area contributed by atoms with Crippen molar-refractivity contribution in [1.29, 1.82) is 0 Å². The summed E-state index contributed by atoms with van der Waals surface area (Å²) in [6, 6.07) is 8.17. The number of hydrogen-bond donors (Lipinski definition) is 1. The topological polar surface area (TPSA) is 88.4 Å². The van der Waals surface area contributed by atoms with Gasteiger partial charge in [0.05, 0.1) is 12.6 Å². The zero-order valence-corrected chi connectivity index (χ0v) is 21.3. The van der Waals surface area contributed by atoms with Gasteiger partial charge in [0.25, 0.3) is 0 Å². The molecule has 2 atom stereocenters. The molecule has 2 unspecified atom stereocenters. The first-order chi connectivity index (χ1) is 17.6. The minimum absolute atomic E-state index is 0.262. The van der Waals surface area contributed by atoms with Gasteiger partial charge in [-0.1, -0.05) is 0 Å². The number of carboxylic acids is 1. The van der Waals surface area contributed by atoms with E-state index in [-0.39, 0.29) is 6.42 Å². The maximum Gasteiger partial charge on any atom is 0.303 e. The molecule has 1 aliphatic rings. The Morgan fingerprint density at radius 2 is 1.94 bits per heavy atom. The zero-order chi connectivity index (χ0) is 25.2. The molecule has 0 amide bonds. The van der Waals surface area contributed by atoms with Gasteiger partial charge in [-0.05, 0) is 112 Å². The average Bonchev–Trinajstić information content (AvgIpc) is 2.91. The molecule has 1 fully saturated rings. The predicted molar refractivity (Wildman–Crippen MR) is 141 cm³/mol. The van der Waals surface area contributed by atoms with E-state index in [0.29, 0.717) is 11.8 Å². The van der Waals surface area contributed by atoms with Crippen molar-refractivity contribution in [2.75, 3.05) is 26.7 Å². The van der Waals surface area contributed by atoms with E-state index in [1.807, 2.05) is 30.7 Å². The number of aliphatic carboxylic acids is 1. The number of methoxy groups -OCH3 is 1. The van der Waals surface area contributed by atoms with Crippen LogP contribution in [0.25, 0.3) is 10.9 Å². The molecule has 0 spiro atoms. The molecule has 7 nitrogen and oxygen atoms in total. The van der Waals surface area contributed by atoms with Crippen LogP contribution in [0, 0.1) is 11.8 Å². The van der Waals surface area contributed by atoms with Crippen LogP contribution < -0.4 is 4.74 Å². The lowest BCUT2D eigenvalue weighted by atomic mass is 9.79. The smallest absolute Gasteiger partial charge is 0.303 e. The second kappa shape index (κ2) is 13.3. The quantitative estimate of drug-likeness (QED) is 0.330. The van der Waals surface area contributed by atoms with E-state index in [2.05, 4.69) is 32.0 Å². The van der Waals surface area contributed by atoms with Crippen LogP contribution in [0.3, 0.4) is 0 Å². The van der Waals surface area contributed by atoms with Crippen LogP contribution in [0.5, 0.6) is 5.75 Å². The third-order valence-electron chi connectivity index (χ3n) is 7.57. The summed E-state index contributed by atoms with van der Waals surface area (Å²) in [5, 5.41) is 10.5. The van der Waals surface area contributed by atoms with Gasteiger partial charge in [0.1, 0.15) is 12.1 Å². The van der Waals surface area contributed by atoms with Crippen LogP contribution in [-0.2, 0) is 17.6 Å². The predicted octanol–water partition coefficient (Wildman–Crippen LogP) is 5.18. The van der Waals surface area contributed by atoms with Crippen LogP contribution in [0.4, 0.5) is 0 Å². The summed E-state index contributed by atoms with van der Waals surface area (Å²) < 4.78 is 5.42. The van der Waals surface area contributed by atoms with Crippen LogP contribution in [-0.4, -0.2) is 57.7 Å². The maximum absolute atomic E-state index is 11.3. The number of hydrogen-bond acceptors (Lipinski definition) is 6. The van der Waals surface area contributed by atoms with E-state index >= 15 is 0 Å². The Labute approximate surface area is 213 Å². The Morgan fingerprint density at radius 1 is 1.08 bits per heavy atom. The van der Waals surface area contributed by atoms with Gasteiger partial charge in [0.2, 0.25) is 0 Å². The van der Waals surface area contributed by atoms with Gasteiger partial charge in [-0.15, -0.1) is 0 Å². The fourth-order valence-corrected chi connectivity index (χ4v) is 5.58. The molecule has 1 aliphatic heterocycles. The Morgan fingerprint density at radius 3 is 2.75 bits per heavy atom. The summed E-state index contributed by atoms with van der Waals surface area (Å²) in [5.74, 6) is 1.21. The number of likely N-dealkylation sites (tertiary alicyclic amines) is 1. The highest BCUT2D eigenvalue weighted by molar-refractivity contribution is 5.83. The lowest BCUT2D eigenvalue weighted by molar-refractivity contribution is -0.137. The van der Waals surface area contributed by atoms with Crippen molar-refractivity contribution in [2.45, 2.75) is 57.8 Å². The number of unbranched alkanes of at least 4 members (excludes halogenated alkanes) is 1. The number of fused-ring (bicyclic) bond motifs is 1. The molecular weight excluding hydrogens is 452 g/mol. The maximum atomic E-state index is 11.3. The molecule has 0 aliphatic carbocycles. The molecule has 3 heterocycles. The van der Waals surface area contributed by atoms with Crippen LogP contribution in [0.2, 0.25) is 0 Å². The van der Waals surface area contributed by atoms with Crippen LogP contribution in [0.15, 0.2) is 49.2 Å². The summed E-state index contributed by atoms with van der Waals surface area (Å²) in [6.07, 6.45) is 16.0. The van der Waals surface area contributed by atoms with E-state index in [1.165, 1.54) is 11.1 Å². The number of pyridine rings is 1. The number of aromatic nitrogens is 3. The van der Waals surface area contributed by atoms with E-state index in [0.717, 1.165) is 87.7 Å². The minimum atomic E-state index is -0.687. The summed E-state index contributed by atoms with van der Waals surface area (Å²) in [4.78, 5) is 26.6. The van der Waals surface area contributed by atoms with E-state index in [9.17, 15) is 9.90 Å². The molecule has 192 valence electrons. The molecule has 0 bridgehead atoms. The van der Waals surface area contributed by atoms with Gasteiger partial charge in [-0.2, -0.15) is 0 Å². The van der Waals surface area contributed by atoms with Crippen molar-refractivity contribution in [3.8, 4) is 5.75 Å². The highest BCUT2D eigenvalue weighted by Crippen LogP contribution is 2.32. The number of carboxylic acid groups (broad SMARTS) is 1. The molecule has 4 rings (SSSR count). The van der Waals surface area contributed by atoms with Crippen molar-refractivity contribution in [3.05, 3.63) is 60.3 Å². The molecule has 1 aromatic carbocycles. The van der Waals surface area contributed by atoms with Crippen LogP contribution in [0.1, 0.15) is 56.1 Å². The van der Waals surface area contributed by atoms with Gasteiger partial charge in [-0.3, -0.25) is 9.78 Å². The number of nitrogens with zero attached hydrogens (tertiary/aromatic N) is 4. The number of rotatable bonds is 13. The van der Waals surface area contributed by atoms with Gasteiger partial charge >= 0.3 is 5.97 Å². The normalized spacial score (nSPS) is 18.4.